The number of nitrogens with zero attached hydrogens (tertiary/aromatic N) is 2. The number of halogens is 1. The van der Waals surface area contributed by atoms with Crippen molar-refractivity contribution in [2.45, 2.75) is 6.92 Å². The van der Waals surface area contributed by atoms with Gasteiger partial charge in [-0.05, 0) is 49.4 Å². The van der Waals surface area contributed by atoms with Gasteiger partial charge in [0.25, 0.3) is 5.71 Å². The van der Waals surface area contributed by atoms with E-state index >= 15 is 0 Å². The maximum Gasteiger partial charge on any atom is 0.339 e. The van der Waals surface area contributed by atoms with Crippen molar-refractivity contribution in [1.82, 2.24) is 10.1 Å². The van der Waals surface area contributed by atoms with Gasteiger partial charge in [-0.3, -0.25) is 4.79 Å². The summed E-state index contributed by atoms with van der Waals surface area (Å²) in [4.78, 5) is 29.1. The van der Waals surface area contributed by atoms with Crippen LogP contribution >= 0.6 is 0 Å². The maximum absolute atomic E-state index is 13.0. The Morgan fingerprint density at radius 1 is 1.18 bits per heavy atom. The SMILES string of the molecule is Cc1noc2nc(-c3ccco3)cc(C(=O)OCC(=O)c3ccc(F)cc3)c12. The lowest BCUT2D eigenvalue weighted by Gasteiger charge is -2.07. The molecule has 7 nitrogen and oxygen atoms in total. The van der Waals surface area contributed by atoms with Gasteiger partial charge in [0.1, 0.15) is 11.5 Å². The molecule has 0 aliphatic rings. The molecule has 0 N–H and O–H groups in total. The Morgan fingerprint density at radius 3 is 2.68 bits per heavy atom. The van der Waals surface area contributed by atoms with Crippen LogP contribution in [0.3, 0.4) is 0 Å². The summed E-state index contributed by atoms with van der Waals surface area (Å²) < 4.78 is 28.6. The molecule has 0 saturated carbocycles. The fraction of sp³-hybridized carbons (Fsp3) is 0.100. The van der Waals surface area contributed by atoms with Crippen LogP contribution in [0.15, 0.2) is 57.7 Å². The molecule has 0 aliphatic heterocycles. The van der Waals surface area contributed by atoms with Crippen LogP contribution in [0.4, 0.5) is 4.39 Å². The number of aromatic nitrogens is 2. The third-order valence-electron chi connectivity index (χ3n) is 4.11. The largest absolute Gasteiger partial charge is 0.463 e. The number of rotatable bonds is 5. The molecule has 0 unspecified atom stereocenters. The van der Waals surface area contributed by atoms with E-state index in [0.717, 1.165) is 12.1 Å². The van der Waals surface area contributed by atoms with Crippen LogP contribution in [0.2, 0.25) is 0 Å². The molecule has 0 saturated heterocycles. The number of ketones is 1. The molecule has 0 atom stereocenters. The smallest absolute Gasteiger partial charge is 0.339 e. The van der Waals surface area contributed by atoms with Gasteiger partial charge in [0.05, 0.1) is 22.9 Å². The zero-order valence-corrected chi connectivity index (χ0v) is 14.6. The third kappa shape index (κ3) is 3.27. The summed E-state index contributed by atoms with van der Waals surface area (Å²) in [5.41, 5.74) is 1.38. The maximum atomic E-state index is 13.0. The fourth-order valence-electron chi connectivity index (χ4n) is 2.73. The van der Waals surface area contributed by atoms with E-state index in [4.69, 9.17) is 13.7 Å². The summed E-state index contributed by atoms with van der Waals surface area (Å²) >= 11 is 0. The number of carbonyl (C=O) groups excluding carboxylic acids is 2. The van der Waals surface area contributed by atoms with Crippen LogP contribution in [0.25, 0.3) is 22.6 Å². The van der Waals surface area contributed by atoms with Crippen LogP contribution in [0.5, 0.6) is 0 Å². The van der Waals surface area contributed by atoms with E-state index in [1.54, 1.807) is 19.1 Å². The number of fused-ring (bicyclic) bond motifs is 1. The Labute approximate surface area is 157 Å². The summed E-state index contributed by atoms with van der Waals surface area (Å²) in [6, 6.07) is 9.85. The molecular formula is C20H13FN2O5. The molecule has 140 valence electrons. The van der Waals surface area contributed by atoms with Crippen molar-refractivity contribution in [3.05, 3.63) is 71.4 Å². The van der Waals surface area contributed by atoms with Crippen LogP contribution in [0.1, 0.15) is 26.4 Å². The normalized spacial score (nSPS) is 10.9. The van der Waals surface area contributed by atoms with Crippen molar-refractivity contribution in [2.24, 2.45) is 0 Å². The van der Waals surface area contributed by atoms with E-state index < -0.39 is 24.2 Å². The minimum absolute atomic E-state index is 0.155. The van der Waals surface area contributed by atoms with E-state index in [1.165, 1.54) is 24.5 Å². The van der Waals surface area contributed by atoms with Crippen molar-refractivity contribution < 1.29 is 27.7 Å². The molecule has 0 amide bonds. The van der Waals surface area contributed by atoms with E-state index in [0.29, 0.717) is 22.5 Å². The van der Waals surface area contributed by atoms with E-state index in [-0.39, 0.29) is 16.8 Å². The number of hydrogen-bond donors (Lipinski definition) is 0. The molecule has 4 rings (SSSR count). The molecule has 4 aromatic rings. The molecule has 28 heavy (non-hydrogen) atoms. The Bertz CT molecular complexity index is 1160. The molecular weight excluding hydrogens is 367 g/mol. The average molecular weight is 380 g/mol. The van der Waals surface area contributed by atoms with Gasteiger partial charge in [-0.2, -0.15) is 0 Å². The summed E-state index contributed by atoms with van der Waals surface area (Å²) in [6.07, 6.45) is 1.48. The van der Waals surface area contributed by atoms with Gasteiger partial charge in [-0.15, -0.1) is 0 Å². The first kappa shape index (κ1) is 17.6. The predicted octanol–water partition coefficient (Wildman–Crippen LogP) is 3.97. The summed E-state index contributed by atoms with van der Waals surface area (Å²) in [6.45, 7) is 1.18. The van der Waals surface area contributed by atoms with E-state index in [2.05, 4.69) is 10.1 Å². The Hall–Kier alpha value is -3.81. The van der Waals surface area contributed by atoms with Crippen LogP contribution in [-0.4, -0.2) is 28.5 Å². The molecule has 8 heteroatoms. The molecule has 0 aliphatic carbocycles. The highest BCUT2D eigenvalue weighted by Crippen LogP contribution is 2.27. The van der Waals surface area contributed by atoms with Gasteiger partial charge in [0, 0.05) is 5.56 Å². The number of furan rings is 1. The molecule has 3 heterocycles. The lowest BCUT2D eigenvalue weighted by Crippen LogP contribution is -2.15. The number of hydrogen-bond acceptors (Lipinski definition) is 7. The number of carbonyl (C=O) groups is 2. The number of pyridine rings is 1. The lowest BCUT2D eigenvalue weighted by molar-refractivity contribution is 0.0476. The van der Waals surface area contributed by atoms with Crippen LogP contribution in [0, 0.1) is 12.7 Å². The Kier molecular flexibility index (Phi) is 4.44. The highest BCUT2D eigenvalue weighted by atomic mass is 19.1. The summed E-state index contributed by atoms with van der Waals surface area (Å²) in [5, 5.41) is 4.23. The topological polar surface area (TPSA) is 95.4 Å². The Morgan fingerprint density at radius 2 is 1.96 bits per heavy atom. The molecule has 0 radical (unpaired) electrons. The van der Waals surface area contributed by atoms with Crippen molar-refractivity contribution in [3.8, 4) is 11.5 Å². The van der Waals surface area contributed by atoms with Crippen LogP contribution in [-0.2, 0) is 4.74 Å². The number of ether oxygens (including phenoxy) is 1. The molecule has 0 bridgehead atoms. The standard InChI is InChI=1S/C20H13FN2O5/c1-11-18-14(9-15(17-3-2-8-26-17)22-19(18)28-23-11)20(25)27-10-16(24)12-4-6-13(21)7-5-12/h2-9H,10H2,1H3. The quantitative estimate of drug-likeness (QED) is 0.382. The average Bonchev–Trinajstić information content (AvgIpc) is 3.36. The highest BCUT2D eigenvalue weighted by molar-refractivity contribution is 6.05. The Balaban J connectivity index is 1.62. The monoisotopic (exact) mass is 380 g/mol. The van der Waals surface area contributed by atoms with Gasteiger partial charge < -0.3 is 13.7 Å². The number of benzene rings is 1. The zero-order valence-electron chi connectivity index (χ0n) is 14.6. The first-order chi connectivity index (χ1) is 13.5. The van der Waals surface area contributed by atoms with Crippen molar-refractivity contribution in [2.75, 3.05) is 6.61 Å². The van der Waals surface area contributed by atoms with Crippen molar-refractivity contribution in [1.29, 1.82) is 0 Å². The lowest BCUT2D eigenvalue weighted by atomic mass is 10.1. The molecule has 1 aromatic carbocycles. The first-order valence-corrected chi connectivity index (χ1v) is 8.29. The molecule has 0 fully saturated rings. The second-order valence-electron chi connectivity index (χ2n) is 5.99. The zero-order chi connectivity index (χ0) is 19.7. The number of aryl methyl sites for hydroxylation is 1. The second kappa shape index (κ2) is 7.07. The molecule has 3 aromatic heterocycles. The fourth-order valence-corrected chi connectivity index (χ4v) is 2.73. The van der Waals surface area contributed by atoms with Crippen molar-refractivity contribution >= 4 is 22.9 Å². The van der Waals surface area contributed by atoms with Gasteiger partial charge >= 0.3 is 5.97 Å². The molecule has 0 spiro atoms. The van der Waals surface area contributed by atoms with E-state index in [9.17, 15) is 14.0 Å². The van der Waals surface area contributed by atoms with Gasteiger partial charge in [0.2, 0.25) is 0 Å². The predicted molar refractivity (Wildman–Crippen MR) is 95.3 cm³/mol. The van der Waals surface area contributed by atoms with Crippen molar-refractivity contribution in [3.63, 3.8) is 0 Å². The minimum atomic E-state index is -0.734. The van der Waals surface area contributed by atoms with Crippen LogP contribution < -0.4 is 0 Å². The van der Waals surface area contributed by atoms with Gasteiger partial charge in [-0.25, -0.2) is 14.2 Å². The number of esters is 1. The second-order valence-corrected chi connectivity index (χ2v) is 5.99. The van der Waals surface area contributed by atoms with Gasteiger partial charge in [0.15, 0.2) is 18.2 Å². The summed E-state index contributed by atoms with van der Waals surface area (Å²) in [7, 11) is 0. The first-order valence-electron chi connectivity index (χ1n) is 8.29. The highest BCUT2D eigenvalue weighted by Gasteiger charge is 2.22. The third-order valence-corrected chi connectivity index (χ3v) is 4.11. The minimum Gasteiger partial charge on any atom is -0.463 e. The van der Waals surface area contributed by atoms with Gasteiger partial charge in [-0.1, -0.05) is 5.16 Å². The summed E-state index contributed by atoms with van der Waals surface area (Å²) in [5.74, 6) is -1.21. The number of Topliss-reactive ketones (excluding diaryl/α,β-unsaturated/α-hetero) is 1. The van der Waals surface area contributed by atoms with E-state index in [1.807, 2.05) is 0 Å².